The molecule has 0 saturated carbocycles. The number of amides is 2. The third kappa shape index (κ3) is 7.27. The minimum Gasteiger partial charge on any atom is -0.497 e. The number of carbonyl (C=O) groups excluding carboxylic acids is 2. The molecule has 7 heteroatoms. The zero-order valence-corrected chi connectivity index (χ0v) is 23.1. The number of aryl methyl sites for hydroxylation is 1. The largest absolute Gasteiger partial charge is 0.497 e. The first kappa shape index (κ1) is 28.4. The Hall–Kier alpha value is -4.62. The Kier molecular flexibility index (Phi) is 9.54. The van der Waals surface area contributed by atoms with E-state index in [-0.39, 0.29) is 18.4 Å². The monoisotopic (exact) mass is 537 g/mol. The molecule has 4 aromatic carbocycles. The van der Waals surface area contributed by atoms with E-state index in [9.17, 15) is 14.7 Å². The van der Waals surface area contributed by atoms with Crippen LogP contribution in [0.2, 0.25) is 0 Å². The molecule has 0 spiro atoms. The van der Waals surface area contributed by atoms with Gasteiger partial charge in [0.2, 0.25) is 0 Å². The fourth-order valence-corrected chi connectivity index (χ4v) is 4.40. The maximum atomic E-state index is 13.8. The molecule has 4 aromatic rings. The van der Waals surface area contributed by atoms with Crippen LogP contribution in [0.1, 0.15) is 34.0 Å². The molecule has 0 aliphatic heterocycles. The minimum atomic E-state index is -0.798. The van der Waals surface area contributed by atoms with Crippen LogP contribution in [-0.4, -0.2) is 41.6 Å². The van der Waals surface area contributed by atoms with E-state index in [0.29, 0.717) is 18.5 Å². The first-order chi connectivity index (χ1) is 19.4. The molecule has 4 rings (SSSR count). The number of hydrogen-bond acceptors (Lipinski definition) is 5. The maximum absolute atomic E-state index is 13.8. The molecule has 1 unspecified atom stereocenters. The van der Waals surface area contributed by atoms with E-state index in [2.05, 4.69) is 10.7 Å². The van der Waals surface area contributed by atoms with E-state index in [4.69, 9.17) is 4.74 Å². The van der Waals surface area contributed by atoms with Gasteiger partial charge in [-0.05, 0) is 72.5 Å². The van der Waals surface area contributed by atoms with Gasteiger partial charge in [0.1, 0.15) is 11.8 Å². The first-order valence-corrected chi connectivity index (χ1v) is 13.3. The van der Waals surface area contributed by atoms with Crippen LogP contribution in [0.25, 0.3) is 11.1 Å². The highest BCUT2D eigenvalue weighted by Crippen LogP contribution is 2.22. The van der Waals surface area contributed by atoms with Gasteiger partial charge in [-0.2, -0.15) is 0 Å². The fourth-order valence-electron chi connectivity index (χ4n) is 4.40. The number of hydrazine groups is 1. The van der Waals surface area contributed by atoms with Crippen molar-refractivity contribution in [3.8, 4) is 16.9 Å². The second kappa shape index (κ2) is 13.4. The summed E-state index contributed by atoms with van der Waals surface area (Å²) in [6.07, 6.45) is 0.320. The van der Waals surface area contributed by atoms with Crippen LogP contribution in [0.15, 0.2) is 97.1 Å². The number of carbonyl (C=O) groups is 2. The molecule has 0 bridgehead atoms. The van der Waals surface area contributed by atoms with E-state index < -0.39 is 6.04 Å². The minimum absolute atomic E-state index is 0.00497. The molecule has 2 amide bonds. The van der Waals surface area contributed by atoms with Crippen molar-refractivity contribution in [1.29, 1.82) is 0 Å². The number of anilines is 1. The standard InChI is InChI=1S/C33H35N3O4/c1-4-36(35-29-16-18-30(40-3)19-17-29)33(39)31(34-32(38)28-7-5-6-23(2)20-28)21-24-8-12-26(13-9-24)27-14-10-25(22-37)11-15-27/h5-20,31,35,37H,4,21-22H2,1-3H3,(H,34,38). The SMILES string of the molecule is CCN(Nc1ccc(OC)cc1)C(=O)C(Cc1ccc(-c2ccc(CO)cc2)cc1)NC(=O)c1cccc(C)c1. The molecule has 0 fully saturated rings. The first-order valence-electron chi connectivity index (χ1n) is 13.3. The number of aliphatic hydroxyl groups excluding tert-OH is 1. The normalized spacial score (nSPS) is 11.4. The average Bonchev–Trinajstić information content (AvgIpc) is 3.00. The number of methoxy groups -OCH3 is 1. The lowest BCUT2D eigenvalue weighted by atomic mass is 9.99. The van der Waals surface area contributed by atoms with E-state index >= 15 is 0 Å². The third-order valence-corrected chi connectivity index (χ3v) is 6.68. The van der Waals surface area contributed by atoms with Crippen molar-refractivity contribution in [2.75, 3.05) is 19.1 Å². The molecule has 1 atom stereocenters. The van der Waals surface area contributed by atoms with Crippen molar-refractivity contribution < 1.29 is 19.4 Å². The lowest BCUT2D eigenvalue weighted by Gasteiger charge is -2.28. The van der Waals surface area contributed by atoms with Crippen LogP contribution in [0.3, 0.4) is 0 Å². The van der Waals surface area contributed by atoms with Crippen LogP contribution < -0.4 is 15.5 Å². The summed E-state index contributed by atoms with van der Waals surface area (Å²) in [4.78, 5) is 27.0. The molecule has 0 aliphatic rings. The molecule has 0 aromatic heterocycles. The van der Waals surface area contributed by atoms with Crippen molar-refractivity contribution in [3.63, 3.8) is 0 Å². The number of ether oxygens (including phenoxy) is 1. The molecule has 40 heavy (non-hydrogen) atoms. The molecule has 206 valence electrons. The van der Waals surface area contributed by atoms with Crippen molar-refractivity contribution in [2.45, 2.75) is 32.9 Å². The highest BCUT2D eigenvalue weighted by Gasteiger charge is 2.26. The summed E-state index contributed by atoms with van der Waals surface area (Å²) in [5, 5.41) is 13.8. The number of rotatable bonds is 11. The lowest BCUT2D eigenvalue weighted by molar-refractivity contribution is -0.131. The Morgan fingerprint density at radius 2 is 1.50 bits per heavy atom. The molecule has 7 nitrogen and oxygen atoms in total. The van der Waals surface area contributed by atoms with Gasteiger partial charge in [-0.25, -0.2) is 0 Å². The number of aliphatic hydroxyl groups is 1. The summed E-state index contributed by atoms with van der Waals surface area (Å²) < 4.78 is 5.23. The summed E-state index contributed by atoms with van der Waals surface area (Å²) in [5.41, 5.74) is 9.20. The summed E-state index contributed by atoms with van der Waals surface area (Å²) >= 11 is 0. The third-order valence-electron chi connectivity index (χ3n) is 6.68. The van der Waals surface area contributed by atoms with Gasteiger partial charge in [-0.3, -0.25) is 20.0 Å². The van der Waals surface area contributed by atoms with Gasteiger partial charge < -0.3 is 15.2 Å². The van der Waals surface area contributed by atoms with E-state index in [1.54, 1.807) is 19.2 Å². The van der Waals surface area contributed by atoms with Crippen molar-refractivity contribution >= 4 is 17.5 Å². The van der Waals surface area contributed by atoms with Gasteiger partial charge >= 0.3 is 0 Å². The summed E-state index contributed by atoms with van der Waals surface area (Å²) in [6.45, 7) is 4.20. The Morgan fingerprint density at radius 3 is 2.05 bits per heavy atom. The highest BCUT2D eigenvalue weighted by atomic mass is 16.5. The quantitative estimate of drug-likeness (QED) is 0.224. The number of likely N-dealkylation sites (N-methyl/N-ethyl adjacent to an activating group) is 1. The van der Waals surface area contributed by atoms with Crippen LogP contribution in [-0.2, 0) is 17.8 Å². The van der Waals surface area contributed by atoms with Gasteiger partial charge in [0.25, 0.3) is 11.8 Å². The highest BCUT2D eigenvalue weighted by molar-refractivity contribution is 5.98. The zero-order valence-electron chi connectivity index (χ0n) is 23.1. The number of hydrogen-bond donors (Lipinski definition) is 3. The Labute approximate surface area is 235 Å². The Balaban J connectivity index is 1.56. The second-order valence-electron chi connectivity index (χ2n) is 9.57. The van der Waals surface area contributed by atoms with Gasteiger partial charge in [0, 0.05) is 18.5 Å². The molecular weight excluding hydrogens is 502 g/mol. The van der Waals surface area contributed by atoms with Gasteiger partial charge in [-0.1, -0.05) is 66.2 Å². The summed E-state index contributed by atoms with van der Waals surface area (Å²) in [5.74, 6) is 0.169. The molecular formula is C33H35N3O4. The van der Waals surface area contributed by atoms with Crippen molar-refractivity contribution in [3.05, 3.63) is 119 Å². The van der Waals surface area contributed by atoms with E-state index in [1.807, 2.05) is 98.8 Å². The van der Waals surface area contributed by atoms with Crippen molar-refractivity contribution in [2.24, 2.45) is 0 Å². The average molecular weight is 538 g/mol. The lowest BCUT2D eigenvalue weighted by Crippen LogP contribution is -2.51. The molecule has 0 aliphatic carbocycles. The van der Waals surface area contributed by atoms with Gasteiger partial charge in [0.15, 0.2) is 0 Å². The van der Waals surface area contributed by atoms with Crippen LogP contribution in [0, 0.1) is 6.92 Å². The number of nitrogens with zero attached hydrogens (tertiary/aromatic N) is 1. The molecule has 3 N–H and O–H groups in total. The van der Waals surface area contributed by atoms with Crippen LogP contribution >= 0.6 is 0 Å². The number of benzene rings is 4. The topological polar surface area (TPSA) is 90.9 Å². The predicted octanol–water partition coefficient (Wildman–Crippen LogP) is 5.38. The van der Waals surface area contributed by atoms with E-state index in [0.717, 1.165) is 39.3 Å². The second-order valence-corrected chi connectivity index (χ2v) is 9.57. The predicted molar refractivity (Wildman–Crippen MR) is 158 cm³/mol. The van der Waals surface area contributed by atoms with Crippen molar-refractivity contribution in [1.82, 2.24) is 10.3 Å². The van der Waals surface area contributed by atoms with Crippen LogP contribution in [0.4, 0.5) is 5.69 Å². The van der Waals surface area contributed by atoms with Gasteiger partial charge in [-0.15, -0.1) is 0 Å². The Bertz CT molecular complexity index is 1420. The van der Waals surface area contributed by atoms with Crippen LogP contribution in [0.5, 0.6) is 5.75 Å². The summed E-state index contributed by atoms with van der Waals surface area (Å²) in [7, 11) is 1.60. The van der Waals surface area contributed by atoms with E-state index in [1.165, 1.54) is 5.01 Å². The molecule has 0 radical (unpaired) electrons. The maximum Gasteiger partial charge on any atom is 0.263 e. The Morgan fingerprint density at radius 1 is 0.875 bits per heavy atom. The number of nitrogens with one attached hydrogen (secondary N) is 2. The zero-order chi connectivity index (χ0) is 28.5. The van der Waals surface area contributed by atoms with Gasteiger partial charge in [0.05, 0.1) is 19.4 Å². The molecule has 0 saturated heterocycles. The summed E-state index contributed by atoms with van der Waals surface area (Å²) in [6, 6.07) is 29.5. The fraction of sp³-hybridized carbons (Fsp3) is 0.212. The molecule has 0 heterocycles. The smallest absolute Gasteiger partial charge is 0.263 e.